The van der Waals surface area contributed by atoms with Crippen LogP contribution in [0.3, 0.4) is 0 Å². The van der Waals surface area contributed by atoms with Crippen LogP contribution in [0.25, 0.3) is 0 Å². The van der Waals surface area contributed by atoms with E-state index in [-0.39, 0.29) is 5.78 Å². The number of hydrogen-bond acceptors (Lipinski definition) is 3. The van der Waals surface area contributed by atoms with Crippen LogP contribution in [-0.2, 0) is 4.79 Å². The Kier molecular flexibility index (Phi) is 2.63. The normalized spacial score (nSPS) is 13.5. The van der Waals surface area contributed by atoms with Gasteiger partial charge in [-0.3, -0.25) is 9.79 Å². The van der Waals surface area contributed by atoms with Crippen molar-refractivity contribution in [3.63, 3.8) is 0 Å². The molecule has 0 radical (unpaired) electrons. The molecule has 0 atom stereocenters. The summed E-state index contributed by atoms with van der Waals surface area (Å²) in [5.74, 6) is 0.0477. The van der Waals surface area contributed by atoms with E-state index in [4.69, 9.17) is 0 Å². The highest BCUT2D eigenvalue weighted by atomic mass is 16.1. The maximum Gasteiger partial charge on any atom is 0.182 e. The first-order valence-corrected chi connectivity index (χ1v) is 4.94. The molecule has 1 aliphatic heterocycles. The van der Waals surface area contributed by atoms with Gasteiger partial charge in [0.05, 0.1) is 0 Å². The minimum atomic E-state index is 0.0477. The highest BCUT2D eigenvalue weighted by molar-refractivity contribution is 6.00. The van der Waals surface area contributed by atoms with Gasteiger partial charge in [0, 0.05) is 30.1 Å². The number of anilines is 1. The summed E-state index contributed by atoms with van der Waals surface area (Å²) in [5, 5.41) is 3.08. The maximum absolute atomic E-state index is 11.4. The number of nitrogens with one attached hydrogen (secondary N) is 1. The second-order valence-electron chi connectivity index (χ2n) is 3.30. The van der Waals surface area contributed by atoms with Crippen LogP contribution >= 0.6 is 0 Å². The predicted octanol–water partition coefficient (Wildman–Crippen LogP) is 2.35. The van der Waals surface area contributed by atoms with Crippen LogP contribution in [0.1, 0.15) is 18.9 Å². The zero-order valence-electron chi connectivity index (χ0n) is 8.53. The largest absolute Gasteiger partial charge is 0.359 e. The molecule has 1 aromatic carbocycles. The van der Waals surface area contributed by atoms with Crippen molar-refractivity contribution in [3.05, 3.63) is 41.7 Å². The fourth-order valence-electron chi connectivity index (χ4n) is 1.40. The molecule has 1 aliphatic rings. The van der Waals surface area contributed by atoms with Gasteiger partial charge < -0.3 is 5.32 Å². The number of hydrogen-bond donors (Lipinski definition) is 1. The van der Waals surface area contributed by atoms with Crippen molar-refractivity contribution in [1.82, 2.24) is 0 Å². The van der Waals surface area contributed by atoms with Gasteiger partial charge in [-0.15, -0.1) is 0 Å². The van der Waals surface area contributed by atoms with Gasteiger partial charge in [-0.2, -0.15) is 0 Å². The molecule has 0 bridgehead atoms. The molecule has 15 heavy (non-hydrogen) atoms. The van der Waals surface area contributed by atoms with Gasteiger partial charge in [0.1, 0.15) is 5.70 Å². The summed E-state index contributed by atoms with van der Waals surface area (Å²) in [6.07, 6.45) is 3.85. The van der Waals surface area contributed by atoms with Crippen molar-refractivity contribution in [2.24, 2.45) is 4.99 Å². The number of rotatable bonds is 2. The Labute approximate surface area is 88.5 Å². The molecule has 76 valence electrons. The van der Waals surface area contributed by atoms with E-state index in [2.05, 4.69) is 10.3 Å². The summed E-state index contributed by atoms with van der Waals surface area (Å²) in [6.45, 7) is 1.83. The molecular formula is C12H12N2O. The summed E-state index contributed by atoms with van der Waals surface area (Å²) < 4.78 is 0. The summed E-state index contributed by atoms with van der Waals surface area (Å²) in [4.78, 5) is 15.6. The molecule has 0 aliphatic carbocycles. The van der Waals surface area contributed by atoms with Gasteiger partial charge in [-0.05, 0) is 6.07 Å². The van der Waals surface area contributed by atoms with Crippen LogP contribution in [-0.4, -0.2) is 12.0 Å². The third-order valence-corrected chi connectivity index (χ3v) is 2.27. The zero-order chi connectivity index (χ0) is 10.7. The van der Waals surface area contributed by atoms with Crippen molar-refractivity contribution in [2.45, 2.75) is 13.3 Å². The number of aliphatic imine (C=N–C) groups is 1. The van der Waals surface area contributed by atoms with Crippen LogP contribution < -0.4 is 5.32 Å². The molecule has 3 nitrogen and oxygen atoms in total. The number of carbonyl (C=O) groups is 1. The van der Waals surface area contributed by atoms with Gasteiger partial charge in [0.15, 0.2) is 5.78 Å². The minimum Gasteiger partial charge on any atom is -0.359 e. The van der Waals surface area contributed by atoms with E-state index in [0.717, 1.165) is 11.3 Å². The third-order valence-electron chi connectivity index (χ3n) is 2.27. The highest BCUT2D eigenvalue weighted by Crippen LogP contribution is 2.17. The molecule has 0 fully saturated rings. The first-order chi connectivity index (χ1) is 7.31. The standard InChI is InChI=1S/C12H12N2O/c1-2-12(15)11-8-14-10-6-4-3-5-9(10)7-13-11/h3-8,14H,2H2,1H3. The number of nitrogens with zero attached hydrogens (tertiary/aromatic N) is 1. The van der Waals surface area contributed by atoms with Gasteiger partial charge in [0.25, 0.3) is 0 Å². The Morgan fingerprint density at radius 1 is 1.40 bits per heavy atom. The van der Waals surface area contributed by atoms with E-state index in [1.54, 1.807) is 12.4 Å². The Morgan fingerprint density at radius 2 is 2.20 bits per heavy atom. The monoisotopic (exact) mass is 200 g/mol. The summed E-state index contributed by atoms with van der Waals surface area (Å²) >= 11 is 0. The Morgan fingerprint density at radius 3 is 3.00 bits per heavy atom. The first kappa shape index (κ1) is 9.65. The lowest BCUT2D eigenvalue weighted by Crippen LogP contribution is -1.99. The number of carbonyl (C=O) groups excluding carboxylic acids is 1. The lowest BCUT2D eigenvalue weighted by atomic mass is 10.2. The smallest absolute Gasteiger partial charge is 0.182 e. The topological polar surface area (TPSA) is 41.5 Å². The molecule has 0 saturated carbocycles. The predicted molar refractivity (Wildman–Crippen MR) is 61.0 cm³/mol. The van der Waals surface area contributed by atoms with E-state index in [0.29, 0.717) is 12.1 Å². The quantitative estimate of drug-likeness (QED) is 0.796. The van der Waals surface area contributed by atoms with Gasteiger partial charge in [-0.1, -0.05) is 25.1 Å². The average molecular weight is 200 g/mol. The van der Waals surface area contributed by atoms with Crippen molar-refractivity contribution in [1.29, 1.82) is 0 Å². The van der Waals surface area contributed by atoms with Crippen LogP contribution in [0, 0.1) is 0 Å². The molecule has 0 aromatic heterocycles. The van der Waals surface area contributed by atoms with Gasteiger partial charge in [-0.25, -0.2) is 0 Å². The van der Waals surface area contributed by atoms with Crippen molar-refractivity contribution >= 4 is 17.7 Å². The van der Waals surface area contributed by atoms with E-state index in [9.17, 15) is 4.79 Å². The lowest BCUT2D eigenvalue weighted by molar-refractivity contribution is -0.115. The molecule has 1 N–H and O–H groups in total. The molecule has 1 aromatic rings. The number of fused-ring (bicyclic) bond motifs is 1. The molecule has 0 amide bonds. The summed E-state index contributed by atoms with van der Waals surface area (Å²) in [7, 11) is 0. The maximum atomic E-state index is 11.4. The van der Waals surface area contributed by atoms with E-state index >= 15 is 0 Å². The SMILES string of the molecule is CCC(=O)C1=CNc2ccccc2C=N1. The average Bonchev–Trinajstić information content (AvgIpc) is 2.50. The van der Waals surface area contributed by atoms with Crippen molar-refractivity contribution in [2.75, 3.05) is 5.32 Å². The fourth-order valence-corrected chi connectivity index (χ4v) is 1.40. The van der Waals surface area contributed by atoms with E-state index in [1.807, 2.05) is 31.2 Å². The Balaban J connectivity index is 2.33. The molecule has 3 heteroatoms. The van der Waals surface area contributed by atoms with E-state index < -0.39 is 0 Å². The first-order valence-electron chi connectivity index (χ1n) is 4.94. The molecule has 0 saturated heterocycles. The molecule has 1 heterocycles. The molecule has 0 unspecified atom stereocenters. The van der Waals surface area contributed by atoms with Gasteiger partial charge in [0.2, 0.25) is 0 Å². The minimum absolute atomic E-state index is 0.0477. The van der Waals surface area contributed by atoms with Crippen LogP contribution in [0.4, 0.5) is 5.69 Å². The molecule has 0 spiro atoms. The third kappa shape index (κ3) is 1.96. The fraction of sp³-hybridized carbons (Fsp3) is 0.167. The number of Topliss-reactive ketones (excluding diaryl/α,β-unsaturated/α-hetero) is 1. The zero-order valence-corrected chi connectivity index (χ0v) is 8.53. The number of para-hydroxylation sites is 1. The van der Waals surface area contributed by atoms with Crippen LogP contribution in [0.2, 0.25) is 0 Å². The van der Waals surface area contributed by atoms with Crippen molar-refractivity contribution < 1.29 is 4.79 Å². The van der Waals surface area contributed by atoms with Gasteiger partial charge >= 0.3 is 0 Å². The number of ketones is 1. The van der Waals surface area contributed by atoms with Crippen LogP contribution in [0.5, 0.6) is 0 Å². The summed E-state index contributed by atoms with van der Waals surface area (Å²) in [6, 6.07) is 7.80. The second kappa shape index (κ2) is 4.09. The van der Waals surface area contributed by atoms with E-state index in [1.165, 1.54) is 0 Å². The number of allylic oxidation sites excluding steroid dienone is 1. The van der Waals surface area contributed by atoms with Crippen LogP contribution in [0.15, 0.2) is 41.2 Å². The Bertz CT molecular complexity index is 447. The second-order valence-corrected chi connectivity index (χ2v) is 3.30. The van der Waals surface area contributed by atoms with Crippen molar-refractivity contribution in [3.8, 4) is 0 Å². The summed E-state index contributed by atoms with van der Waals surface area (Å²) in [5.41, 5.74) is 2.45. The highest BCUT2D eigenvalue weighted by Gasteiger charge is 2.08. The number of benzene rings is 1. The molecule has 2 rings (SSSR count). The lowest BCUT2D eigenvalue weighted by Gasteiger charge is -2.01. The molecular weight excluding hydrogens is 188 g/mol. The Hall–Kier alpha value is -1.90.